The largest absolute Gasteiger partial charge is 1.00 e. The number of aromatic nitrogens is 1. The fourth-order valence-electron chi connectivity index (χ4n) is 0.661. The fourth-order valence-corrected chi connectivity index (χ4v) is 1.44. The van der Waals surface area contributed by atoms with E-state index >= 15 is 0 Å². The zero-order chi connectivity index (χ0) is 7.56. The van der Waals surface area contributed by atoms with Gasteiger partial charge in [0.15, 0.2) is 5.69 Å². The van der Waals surface area contributed by atoms with Crippen LogP contribution in [-0.2, 0) is 11.3 Å². The first-order valence-electron chi connectivity index (χ1n) is 2.84. The summed E-state index contributed by atoms with van der Waals surface area (Å²) >= 11 is 1.51. The third-order valence-corrected chi connectivity index (χ3v) is 2.04. The SMILES string of the molecule is Cc1csc[n+]1CC(=O)O.[Cl-].[H-].[Na+]. The van der Waals surface area contributed by atoms with Crippen LogP contribution in [0.25, 0.3) is 0 Å². The number of aryl methyl sites for hydroxylation is 1. The van der Waals surface area contributed by atoms with Gasteiger partial charge in [0.2, 0.25) is 12.1 Å². The van der Waals surface area contributed by atoms with Crippen LogP contribution in [0.3, 0.4) is 0 Å². The van der Waals surface area contributed by atoms with Crippen molar-refractivity contribution in [3.63, 3.8) is 0 Å². The zero-order valence-electron chi connectivity index (χ0n) is 7.95. The Labute approximate surface area is 105 Å². The Morgan fingerprint density at radius 3 is 2.75 bits per heavy atom. The van der Waals surface area contributed by atoms with Gasteiger partial charge in [0, 0.05) is 6.92 Å². The van der Waals surface area contributed by atoms with Crippen LogP contribution >= 0.6 is 11.3 Å². The van der Waals surface area contributed by atoms with E-state index in [2.05, 4.69) is 0 Å². The Balaban J connectivity index is -0.000000333. The molecule has 6 heteroatoms. The van der Waals surface area contributed by atoms with Crippen molar-refractivity contribution in [1.29, 1.82) is 0 Å². The summed E-state index contributed by atoms with van der Waals surface area (Å²) in [6, 6.07) is 0. The summed E-state index contributed by atoms with van der Waals surface area (Å²) in [6.07, 6.45) is 0. The first-order chi connectivity index (χ1) is 4.70. The van der Waals surface area contributed by atoms with E-state index in [4.69, 9.17) is 5.11 Å². The molecule has 0 amide bonds. The van der Waals surface area contributed by atoms with Crippen molar-refractivity contribution >= 4 is 17.3 Å². The van der Waals surface area contributed by atoms with Crippen LogP contribution in [0.2, 0.25) is 0 Å². The van der Waals surface area contributed by atoms with Gasteiger partial charge in [-0.2, -0.15) is 4.57 Å². The second-order valence-electron chi connectivity index (χ2n) is 2.02. The molecule has 1 aromatic rings. The Morgan fingerprint density at radius 2 is 2.42 bits per heavy atom. The van der Waals surface area contributed by atoms with Crippen LogP contribution in [-0.4, -0.2) is 11.1 Å². The van der Waals surface area contributed by atoms with Gasteiger partial charge in [-0.05, 0) is 0 Å². The minimum Gasteiger partial charge on any atom is -1.00 e. The molecule has 0 atom stereocenters. The molecule has 1 heterocycles. The average Bonchev–Trinajstić information content (AvgIpc) is 2.15. The maximum Gasteiger partial charge on any atom is 1.00 e. The van der Waals surface area contributed by atoms with Crippen molar-refractivity contribution in [2.75, 3.05) is 0 Å². The molecule has 0 spiro atoms. The molecular weight excluding hydrogens is 209 g/mol. The average molecular weight is 218 g/mol. The number of carbonyl (C=O) groups is 1. The molecule has 1 rings (SSSR count). The summed E-state index contributed by atoms with van der Waals surface area (Å²) in [5.74, 6) is -0.800. The van der Waals surface area contributed by atoms with Gasteiger partial charge in [0.1, 0.15) is 0 Å². The molecule has 1 N–H and O–H groups in total. The summed E-state index contributed by atoms with van der Waals surface area (Å²) < 4.78 is 1.70. The van der Waals surface area contributed by atoms with Gasteiger partial charge in [-0.3, -0.25) is 0 Å². The Hall–Kier alpha value is 0.390. The summed E-state index contributed by atoms with van der Waals surface area (Å²) in [5.41, 5.74) is 2.79. The van der Waals surface area contributed by atoms with Gasteiger partial charge in [-0.1, -0.05) is 11.3 Å². The molecule has 0 unspecified atom stereocenters. The molecule has 0 aliphatic heterocycles. The van der Waals surface area contributed by atoms with Gasteiger partial charge >= 0.3 is 35.5 Å². The minimum absolute atomic E-state index is 0. The molecule has 0 aromatic carbocycles. The number of nitrogens with zero attached hydrogens (tertiary/aromatic N) is 1. The van der Waals surface area contributed by atoms with Crippen molar-refractivity contribution in [3.8, 4) is 0 Å². The third kappa shape index (κ3) is 4.42. The van der Waals surface area contributed by atoms with E-state index < -0.39 is 5.97 Å². The van der Waals surface area contributed by atoms with E-state index in [1.54, 1.807) is 10.1 Å². The Kier molecular flexibility index (Phi) is 8.51. The second kappa shape index (κ2) is 6.86. The maximum atomic E-state index is 10.2. The quantitative estimate of drug-likeness (QED) is 0.397. The monoisotopic (exact) mass is 217 g/mol. The van der Waals surface area contributed by atoms with Crippen molar-refractivity contribution in [2.24, 2.45) is 0 Å². The van der Waals surface area contributed by atoms with E-state index in [0.29, 0.717) is 0 Å². The zero-order valence-corrected chi connectivity index (χ0v) is 10.5. The second-order valence-corrected chi connectivity index (χ2v) is 2.74. The number of hydrogen-bond acceptors (Lipinski definition) is 2. The predicted molar refractivity (Wildman–Crippen MR) is 38.0 cm³/mol. The summed E-state index contributed by atoms with van der Waals surface area (Å²) in [4.78, 5) is 10.2. The van der Waals surface area contributed by atoms with E-state index in [1.165, 1.54) is 11.3 Å². The van der Waals surface area contributed by atoms with E-state index in [-0.39, 0.29) is 49.9 Å². The van der Waals surface area contributed by atoms with Crippen LogP contribution in [0.4, 0.5) is 0 Å². The van der Waals surface area contributed by atoms with Crippen LogP contribution < -0.4 is 46.5 Å². The van der Waals surface area contributed by atoms with Crippen molar-refractivity contribution in [1.82, 2.24) is 0 Å². The Bertz CT molecular complexity index is 259. The minimum atomic E-state index is -0.800. The topological polar surface area (TPSA) is 41.2 Å². The predicted octanol–water partition coefficient (Wildman–Crippen LogP) is -5.45. The first kappa shape index (κ1) is 14.9. The maximum absolute atomic E-state index is 10.2. The molecule has 0 saturated carbocycles. The molecule has 0 fully saturated rings. The molecular formula is C6H9ClNNaO2S. The normalized spacial score (nSPS) is 8.08. The van der Waals surface area contributed by atoms with E-state index in [0.717, 1.165) is 5.69 Å². The number of hydrogen-bond donors (Lipinski definition) is 1. The van der Waals surface area contributed by atoms with Gasteiger partial charge in [0.05, 0.1) is 5.38 Å². The molecule has 12 heavy (non-hydrogen) atoms. The number of carboxylic acids is 1. The third-order valence-electron chi connectivity index (χ3n) is 1.19. The van der Waals surface area contributed by atoms with E-state index in [1.807, 2.05) is 12.3 Å². The molecule has 0 bridgehead atoms. The van der Waals surface area contributed by atoms with E-state index in [9.17, 15) is 4.79 Å². The molecule has 64 valence electrons. The molecule has 1 aromatic heterocycles. The van der Waals surface area contributed by atoms with Crippen molar-refractivity contribution in [2.45, 2.75) is 13.5 Å². The smallest absolute Gasteiger partial charge is 1.00 e. The number of thiazole rings is 1. The van der Waals surface area contributed by atoms with Crippen LogP contribution in [0, 0.1) is 6.92 Å². The Morgan fingerprint density at radius 1 is 1.83 bits per heavy atom. The first-order valence-corrected chi connectivity index (χ1v) is 3.78. The van der Waals surface area contributed by atoms with Crippen LogP contribution in [0.15, 0.2) is 10.9 Å². The van der Waals surface area contributed by atoms with Gasteiger partial charge < -0.3 is 18.9 Å². The van der Waals surface area contributed by atoms with Crippen molar-refractivity contribution in [3.05, 3.63) is 16.6 Å². The van der Waals surface area contributed by atoms with Gasteiger partial charge in [-0.15, -0.1) is 0 Å². The fraction of sp³-hybridized carbons (Fsp3) is 0.333. The number of aliphatic carboxylic acids is 1. The molecule has 0 radical (unpaired) electrons. The standard InChI is InChI=1S/C6H7NO2S.ClH.Na.H/c1-5-3-10-4-7(5)2-6(8)9;;;/h3-4H,2H2,1H3;1H;;/q;;+1;-1. The molecule has 0 aliphatic rings. The molecule has 0 saturated heterocycles. The number of rotatable bonds is 2. The van der Waals surface area contributed by atoms with Crippen molar-refractivity contribution < 1.29 is 57.9 Å². The van der Waals surface area contributed by atoms with Gasteiger partial charge in [0.25, 0.3) is 0 Å². The number of halogens is 1. The number of carboxylic acid groups (broad SMARTS) is 1. The van der Waals surface area contributed by atoms with Crippen LogP contribution in [0.5, 0.6) is 0 Å². The van der Waals surface area contributed by atoms with Crippen LogP contribution in [0.1, 0.15) is 7.12 Å². The molecule has 3 nitrogen and oxygen atoms in total. The summed E-state index contributed by atoms with van der Waals surface area (Å²) in [6.45, 7) is 1.95. The summed E-state index contributed by atoms with van der Waals surface area (Å²) in [5, 5.41) is 10.3. The molecule has 0 aliphatic carbocycles. The van der Waals surface area contributed by atoms with Gasteiger partial charge in [-0.25, -0.2) is 4.79 Å². The summed E-state index contributed by atoms with van der Waals surface area (Å²) in [7, 11) is 0.